The first-order valence-electron chi connectivity index (χ1n) is 24.7. The molecule has 412 valence electrons. The molecule has 2 aliphatic rings. The van der Waals surface area contributed by atoms with E-state index in [1.165, 1.54) is 45.7 Å². The van der Waals surface area contributed by atoms with E-state index in [1.54, 1.807) is 53.6 Å². The van der Waals surface area contributed by atoms with Crippen LogP contribution in [0.4, 0.5) is 29.2 Å². The number of aryl methyl sites for hydroxylation is 2. The smallest absolute Gasteiger partial charge is 0.222 e. The van der Waals surface area contributed by atoms with Gasteiger partial charge in [0.25, 0.3) is 0 Å². The summed E-state index contributed by atoms with van der Waals surface area (Å²) in [7, 11) is 6.65. The highest BCUT2D eigenvalue weighted by molar-refractivity contribution is 6.29. The number of nitrogens with one attached hydrogen (secondary N) is 3. The van der Waals surface area contributed by atoms with E-state index in [9.17, 15) is 14.9 Å². The SMILES string of the molecule is CC(C)(C#N)c1cc(N)nn1[C@@H]1CCOC1.COc1c(Oc2ccnc(NC(C)=O)c2)cnc2nc(Cl)n(C)c12.COc1c(Oc2ccnc(NC(C)=O)c2)cnc2nc(Nc3cc(C(C)(C)C#N)n([C@@H]4CCOC4)n3)n(C)c12. The first kappa shape index (κ1) is 56.1. The number of aromatic nitrogens is 12. The average molecular weight is 1100 g/mol. The lowest BCUT2D eigenvalue weighted by atomic mass is 9.91. The molecule has 5 N–H and O–H groups in total. The molecule has 0 aromatic carbocycles. The zero-order valence-corrected chi connectivity index (χ0v) is 45.9. The predicted molar refractivity (Wildman–Crippen MR) is 291 cm³/mol. The van der Waals surface area contributed by atoms with Gasteiger partial charge in [0.05, 0.1) is 86.3 Å². The number of nitrogen functional groups attached to an aromatic ring is 1. The van der Waals surface area contributed by atoms with Crippen molar-refractivity contribution in [2.75, 3.05) is 62.3 Å². The Labute approximate surface area is 458 Å². The van der Waals surface area contributed by atoms with Gasteiger partial charge >= 0.3 is 0 Å². The van der Waals surface area contributed by atoms with E-state index in [1.807, 2.05) is 50.2 Å². The summed E-state index contributed by atoms with van der Waals surface area (Å²) in [6.07, 6.45) is 7.84. The number of carbonyl (C=O) groups excluding carboxylic acids is 2. The minimum Gasteiger partial charge on any atom is -0.491 e. The molecule has 8 aromatic rings. The minimum absolute atomic E-state index is 0.0597. The lowest BCUT2D eigenvalue weighted by Gasteiger charge is -2.20. The second-order valence-corrected chi connectivity index (χ2v) is 19.6. The molecule has 26 nitrogen and oxygen atoms in total. The number of hydrogen-bond donors (Lipinski definition) is 4. The standard InChI is InChI=1S/C26H29N9O4.C15H14ClN5O3.C11H16N4O/c1-15(36)30-20-10-17(6-8-28-20)39-18-12-29-24-22(23(18)37-5)34(4)25(32-24)31-21-11-19(26(2,3)14-27)35(33-21)16-7-9-38-13-16;1-8(22)19-11-6-9(4-5-17-11)24-10-7-18-14-12(13(10)23-3)21(2)15(16)20-14;1-11(2,7-12)9-5-10(13)14-15(9)8-3-4-16-6-8/h6,8,10-12,16H,7,9,13H2,1-5H3,(H,28,30,36)(H,29,31,32,33);4-7H,1-3H3,(H,17,19,22);5,8H,3-4,6H2,1-2H3,(H2,13,14)/t16-;;8-/m1.1/s1. The van der Waals surface area contributed by atoms with Crippen molar-refractivity contribution in [1.82, 2.24) is 58.6 Å². The number of pyridine rings is 4. The zero-order chi connectivity index (χ0) is 56.8. The number of methoxy groups -OCH3 is 2. The predicted octanol–water partition coefficient (Wildman–Crippen LogP) is 7.83. The average Bonchev–Trinajstić information content (AvgIpc) is 4.49. The Morgan fingerprint density at radius 1 is 0.709 bits per heavy atom. The van der Waals surface area contributed by atoms with E-state index < -0.39 is 10.8 Å². The molecule has 0 saturated carbocycles. The Balaban J connectivity index is 0.000000174. The highest BCUT2D eigenvalue weighted by Crippen LogP contribution is 2.40. The van der Waals surface area contributed by atoms with E-state index in [2.05, 4.69) is 63.1 Å². The summed E-state index contributed by atoms with van der Waals surface area (Å²) in [5.41, 5.74) is 8.19. The Kier molecular flexibility index (Phi) is 16.8. The van der Waals surface area contributed by atoms with Gasteiger partial charge in [-0.25, -0.2) is 19.9 Å². The van der Waals surface area contributed by atoms with Crippen LogP contribution in [-0.2, 0) is 44.0 Å². The Morgan fingerprint density at radius 3 is 1.66 bits per heavy atom. The third-order valence-corrected chi connectivity index (χ3v) is 12.9. The van der Waals surface area contributed by atoms with E-state index in [0.29, 0.717) is 111 Å². The molecule has 79 heavy (non-hydrogen) atoms. The fraction of sp³-hybridized carbons (Fsp3) is 0.385. The minimum atomic E-state index is -0.744. The van der Waals surface area contributed by atoms with Crippen molar-refractivity contribution in [1.29, 1.82) is 10.5 Å². The molecule has 2 amide bonds. The maximum absolute atomic E-state index is 11.4. The van der Waals surface area contributed by atoms with Crippen molar-refractivity contribution in [2.24, 2.45) is 14.1 Å². The Bertz CT molecular complexity index is 3620. The van der Waals surface area contributed by atoms with Crippen LogP contribution in [0.25, 0.3) is 22.3 Å². The summed E-state index contributed by atoms with van der Waals surface area (Å²) in [5.74, 6) is 4.36. The number of ether oxygens (including phenoxy) is 6. The highest BCUT2D eigenvalue weighted by atomic mass is 35.5. The summed E-state index contributed by atoms with van der Waals surface area (Å²) in [5, 5.41) is 36.8. The van der Waals surface area contributed by atoms with E-state index in [-0.39, 0.29) is 23.9 Å². The van der Waals surface area contributed by atoms with Crippen molar-refractivity contribution in [3.63, 3.8) is 0 Å². The number of nitrogens with two attached hydrogens (primary N) is 1. The third kappa shape index (κ3) is 12.5. The van der Waals surface area contributed by atoms with Crippen LogP contribution in [0.15, 0.2) is 61.2 Å². The molecule has 2 fully saturated rings. The molecule has 2 aliphatic heterocycles. The molecule has 0 aliphatic carbocycles. The molecule has 10 heterocycles. The number of nitrogens with zero attached hydrogens (tertiary/aromatic N) is 14. The monoisotopic (exact) mass is 1100 g/mol. The second-order valence-electron chi connectivity index (χ2n) is 19.3. The summed E-state index contributed by atoms with van der Waals surface area (Å²) >= 11 is 6.03. The molecule has 2 atom stereocenters. The normalized spacial score (nSPS) is 15.0. The van der Waals surface area contributed by atoms with E-state index in [4.69, 9.17) is 56.1 Å². The number of imidazole rings is 2. The topological polar surface area (TPSA) is 322 Å². The van der Waals surface area contributed by atoms with Crippen molar-refractivity contribution < 1.29 is 38.0 Å². The van der Waals surface area contributed by atoms with Crippen LogP contribution in [-0.4, -0.2) is 111 Å². The molecule has 0 radical (unpaired) electrons. The van der Waals surface area contributed by atoms with Crippen LogP contribution in [0.3, 0.4) is 0 Å². The fourth-order valence-corrected chi connectivity index (χ4v) is 8.75. The Hall–Kier alpha value is -9.11. The second kappa shape index (κ2) is 23.6. The van der Waals surface area contributed by atoms with Gasteiger partial charge in [-0.05, 0) is 64.3 Å². The highest BCUT2D eigenvalue weighted by Gasteiger charge is 2.32. The number of halogens is 1. The molecule has 0 bridgehead atoms. The first-order valence-corrected chi connectivity index (χ1v) is 25.1. The lowest BCUT2D eigenvalue weighted by Crippen LogP contribution is -2.23. The van der Waals surface area contributed by atoms with Gasteiger partial charge in [-0.1, -0.05) is 0 Å². The van der Waals surface area contributed by atoms with Crippen LogP contribution in [0.2, 0.25) is 5.28 Å². The number of nitriles is 2. The molecular weight excluding hydrogens is 1040 g/mol. The van der Waals surface area contributed by atoms with Crippen molar-refractivity contribution >= 4 is 75.0 Å². The summed E-state index contributed by atoms with van der Waals surface area (Å²) in [4.78, 5) is 48.1. The van der Waals surface area contributed by atoms with Crippen molar-refractivity contribution in [2.45, 2.75) is 77.3 Å². The van der Waals surface area contributed by atoms with Gasteiger partial charge < -0.3 is 59.2 Å². The Morgan fingerprint density at radius 2 is 1.19 bits per heavy atom. The number of amides is 2. The molecule has 0 spiro atoms. The maximum Gasteiger partial charge on any atom is 0.222 e. The summed E-state index contributed by atoms with van der Waals surface area (Å²) in [6.45, 7) is 12.9. The van der Waals surface area contributed by atoms with Crippen LogP contribution in [0.1, 0.15) is 77.9 Å². The van der Waals surface area contributed by atoms with Crippen LogP contribution in [0.5, 0.6) is 34.5 Å². The van der Waals surface area contributed by atoms with Gasteiger partial charge in [0.1, 0.15) is 40.0 Å². The van der Waals surface area contributed by atoms with Crippen LogP contribution in [0, 0.1) is 22.7 Å². The van der Waals surface area contributed by atoms with Crippen LogP contribution >= 0.6 is 11.6 Å². The van der Waals surface area contributed by atoms with Gasteiger partial charge in [-0.2, -0.15) is 30.7 Å². The third-order valence-electron chi connectivity index (χ3n) is 12.6. The summed E-state index contributed by atoms with van der Waals surface area (Å²) < 4.78 is 41.1. The number of fused-ring (bicyclic) bond motifs is 2. The van der Waals surface area contributed by atoms with Gasteiger partial charge in [0.2, 0.25) is 23.0 Å². The van der Waals surface area contributed by atoms with E-state index >= 15 is 0 Å². The maximum atomic E-state index is 11.4. The fourth-order valence-electron chi connectivity index (χ4n) is 8.59. The van der Waals surface area contributed by atoms with Gasteiger partial charge in [0, 0.05) is 77.8 Å². The van der Waals surface area contributed by atoms with Gasteiger partial charge in [-0.3, -0.25) is 19.0 Å². The zero-order valence-electron chi connectivity index (χ0n) is 45.2. The van der Waals surface area contributed by atoms with E-state index in [0.717, 1.165) is 30.8 Å². The van der Waals surface area contributed by atoms with Crippen LogP contribution < -0.4 is 40.6 Å². The molecule has 2 saturated heterocycles. The molecule has 27 heteroatoms. The number of carbonyl (C=O) groups is 2. The lowest BCUT2D eigenvalue weighted by molar-refractivity contribution is -0.115. The van der Waals surface area contributed by atoms with Crippen molar-refractivity contribution in [3.05, 3.63) is 77.9 Å². The van der Waals surface area contributed by atoms with Gasteiger partial charge in [-0.15, -0.1) is 0 Å². The number of hydrogen-bond acceptors (Lipinski definition) is 20. The molecule has 8 aromatic heterocycles. The summed E-state index contributed by atoms with van der Waals surface area (Å²) in [6, 6.07) is 15.1. The molecule has 10 rings (SSSR count). The largest absolute Gasteiger partial charge is 0.491 e. The van der Waals surface area contributed by atoms with Gasteiger partial charge in [0.15, 0.2) is 40.1 Å². The van der Waals surface area contributed by atoms with Crippen molar-refractivity contribution in [3.8, 4) is 46.6 Å². The number of rotatable bonds is 14. The molecular formula is C52H59ClN18O8. The number of anilines is 5. The first-order chi connectivity index (χ1) is 37.7. The quantitative estimate of drug-likeness (QED) is 0.0805. The molecule has 0 unspecified atom stereocenters.